The number of aromatic nitrogens is 1. The van der Waals surface area contributed by atoms with E-state index in [1.807, 2.05) is 6.07 Å². The lowest BCUT2D eigenvalue weighted by atomic mass is 10.2. The van der Waals surface area contributed by atoms with E-state index in [9.17, 15) is 13.2 Å². The molecule has 25 heavy (non-hydrogen) atoms. The largest absolute Gasteiger partial charge is 0.402 e. The van der Waals surface area contributed by atoms with Crippen molar-refractivity contribution in [1.82, 2.24) is 9.71 Å². The van der Waals surface area contributed by atoms with Crippen molar-refractivity contribution in [3.8, 4) is 0 Å². The summed E-state index contributed by atoms with van der Waals surface area (Å²) < 4.78 is 31.9. The van der Waals surface area contributed by atoms with Gasteiger partial charge in [0.05, 0.1) is 4.90 Å². The zero-order valence-corrected chi connectivity index (χ0v) is 14.5. The van der Waals surface area contributed by atoms with Crippen LogP contribution in [-0.2, 0) is 19.6 Å². The minimum absolute atomic E-state index is 0.136. The SMILES string of the molecule is CC(C)NS(=O)(=O)c1ccc(C2=NC(=Cc3ccc[nH]3)C(=O)O2)cc1. The summed E-state index contributed by atoms with van der Waals surface area (Å²) in [6.45, 7) is 3.49. The second kappa shape index (κ2) is 6.66. The summed E-state index contributed by atoms with van der Waals surface area (Å²) in [7, 11) is -3.57. The highest BCUT2D eigenvalue weighted by atomic mass is 32.2. The van der Waals surface area contributed by atoms with E-state index in [2.05, 4.69) is 14.7 Å². The maximum absolute atomic E-state index is 12.1. The molecule has 3 rings (SSSR count). The Labute approximate surface area is 145 Å². The van der Waals surface area contributed by atoms with Crippen LogP contribution in [0.4, 0.5) is 0 Å². The quantitative estimate of drug-likeness (QED) is 0.630. The van der Waals surface area contributed by atoms with Gasteiger partial charge in [-0.25, -0.2) is 22.9 Å². The Morgan fingerprint density at radius 3 is 2.52 bits per heavy atom. The van der Waals surface area contributed by atoms with E-state index in [1.165, 1.54) is 12.1 Å². The molecule has 0 atom stereocenters. The van der Waals surface area contributed by atoms with Gasteiger partial charge in [-0.15, -0.1) is 0 Å². The molecule has 0 saturated heterocycles. The molecule has 130 valence electrons. The minimum atomic E-state index is -3.57. The van der Waals surface area contributed by atoms with Crippen molar-refractivity contribution < 1.29 is 17.9 Å². The lowest BCUT2D eigenvalue weighted by molar-refractivity contribution is -0.129. The third kappa shape index (κ3) is 3.86. The predicted molar refractivity (Wildman–Crippen MR) is 93.3 cm³/mol. The minimum Gasteiger partial charge on any atom is -0.402 e. The van der Waals surface area contributed by atoms with Crippen LogP contribution in [0.3, 0.4) is 0 Å². The third-order valence-corrected chi connectivity index (χ3v) is 5.01. The van der Waals surface area contributed by atoms with Crippen LogP contribution in [0, 0.1) is 0 Å². The summed E-state index contributed by atoms with van der Waals surface area (Å²) in [6.07, 6.45) is 3.32. The number of cyclic esters (lactones) is 1. The van der Waals surface area contributed by atoms with Crippen LogP contribution in [0.2, 0.25) is 0 Å². The fraction of sp³-hybridized carbons (Fsp3) is 0.176. The van der Waals surface area contributed by atoms with Crippen molar-refractivity contribution in [2.24, 2.45) is 4.99 Å². The number of aromatic amines is 1. The highest BCUT2D eigenvalue weighted by Gasteiger charge is 2.25. The Balaban J connectivity index is 1.85. The van der Waals surface area contributed by atoms with Crippen LogP contribution < -0.4 is 4.72 Å². The number of carbonyl (C=O) groups excluding carboxylic acids is 1. The topological polar surface area (TPSA) is 101 Å². The summed E-state index contributed by atoms with van der Waals surface area (Å²) in [6, 6.07) is 9.41. The number of nitrogens with one attached hydrogen (secondary N) is 2. The van der Waals surface area contributed by atoms with Gasteiger partial charge < -0.3 is 9.72 Å². The molecule has 0 fully saturated rings. The Morgan fingerprint density at radius 2 is 1.92 bits per heavy atom. The maximum atomic E-state index is 12.1. The molecular formula is C17H17N3O4S. The van der Waals surface area contributed by atoms with Gasteiger partial charge in [-0.05, 0) is 56.3 Å². The first kappa shape index (κ1) is 17.1. The highest BCUT2D eigenvalue weighted by Crippen LogP contribution is 2.20. The number of hydrogen-bond acceptors (Lipinski definition) is 5. The first-order chi connectivity index (χ1) is 11.8. The number of sulfonamides is 1. The fourth-order valence-corrected chi connectivity index (χ4v) is 3.52. The molecule has 8 heteroatoms. The predicted octanol–water partition coefficient (Wildman–Crippen LogP) is 2.05. The van der Waals surface area contributed by atoms with Gasteiger partial charge in [-0.1, -0.05) is 0 Å². The summed E-state index contributed by atoms with van der Waals surface area (Å²) in [5, 5.41) is 0. The van der Waals surface area contributed by atoms with Gasteiger partial charge in [0.2, 0.25) is 15.9 Å². The number of hydrogen-bond donors (Lipinski definition) is 2. The first-order valence-electron chi connectivity index (χ1n) is 7.64. The first-order valence-corrected chi connectivity index (χ1v) is 9.12. The Morgan fingerprint density at radius 1 is 1.20 bits per heavy atom. The summed E-state index contributed by atoms with van der Waals surface area (Å²) in [5.74, 6) is -0.411. The molecule has 0 aliphatic carbocycles. The number of carbonyl (C=O) groups is 1. The molecule has 0 unspecified atom stereocenters. The standard InChI is InChI=1S/C17H17N3O4S/c1-11(2)20-25(22,23)14-7-5-12(6-8-14)16-19-15(17(21)24-16)10-13-4-3-9-18-13/h3-11,18,20H,1-2H3. The van der Waals surface area contributed by atoms with Crippen molar-refractivity contribution in [2.75, 3.05) is 0 Å². The summed E-state index contributed by atoms with van der Waals surface area (Å²) >= 11 is 0. The van der Waals surface area contributed by atoms with Gasteiger partial charge in [0.1, 0.15) is 0 Å². The van der Waals surface area contributed by atoms with E-state index in [0.717, 1.165) is 5.69 Å². The molecule has 1 aliphatic heterocycles. The van der Waals surface area contributed by atoms with Crippen molar-refractivity contribution in [3.05, 3.63) is 59.5 Å². The molecule has 0 spiro atoms. The molecule has 2 aromatic rings. The number of rotatable bonds is 5. The normalized spacial score (nSPS) is 16.4. The van der Waals surface area contributed by atoms with Gasteiger partial charge in [0.15, 0.2) is 5.70 Å². The molecule has 0 bridgehead atoms. The van der Waals surface area contributed by atoms with Crippen molar-refractivity contribution in [1.29, 1.82) is 0 Å². The van der Waals surface area contributed by atoms with Gasteiger partial charge in [0, 0.05) is 23.5 Å². The Hall–Kier alpha value is -2.71. The number of aliphatic imine (C=N–C) groups is 1. The molecule has 0 saturated carbocycles. The smallest absolute Gasteiger partial charge is 0.363 e. The van der Waals surface area contributed by atoms with Crippen LogP contribution in [-0.4, -0.2) is 31.3 Å². The average molecular weight is 359 g/mol. The molecule has 1 aromatic carbocycles. The van der Waals surface area contributed by atoms with Crippen molar-refractivity contribution >= 4 is 28.0 Å². The van der Waals surface area contributed by atoms with Crippen LogP contribution in [0.25, 0.3) is 6.08 Å². The van der Waals surface area contributed by atoms with E-state index >= 15 is 0 Å². The van der Waals surface area contributed by atoms with E-state index in [1.54, 1.807) is 44.3 Å². The third-order valence-electron chi connectivity index (χ3n) is 3.34. The second-order valence-corrected chi connectivity index (χ2v) is 7.48. The second-order valence-electron chi connectivity index (χ2n) is 5.76. The number of benzene rings is 1. The molecule has 2 N–H and O–H groups in total. The van der Waals surface area contributed by atoms with Crippen LogP contribution in [0.15, 0.2) is 58.2 Å². The van der Waals surface area contributed by atoms with Gasteiger partial charge in [-0.3, -0.25) is 0 Å². The summed E-state index contributed by atoms with van der Waals surface area (Å²) in [5.41, 5.74) is 1.43. The van der Waals surface area contributed by atoms with E-state index in [4.69, 9.17) is 4.74 Å². The number of nitrogens with zero attached hydrogens (tertiary/aromatic N) is 1. The lowest BCUT2D eigenvalue weighted by Gasteiger charge is -2.09. The van der Waals surface area contributed by atoms with Gasteiger partial charge >= 0.3 is 5.97 Å². The van der Waals surface area contributed by atoms with E-state index < -0.39 is 16.0 Å². The molecule has 2 heterocycles. The number of ether oxygens (including phenoxy) is 1. The van der Waals surface area contributed by atoms with Gasteiger partial charge in [-0.2, -0.15) is 0 Å². The molecule has 1 aliphatic rings. The van der Waals surface area contributed by atoms with Gasteiger partial charge in [0.25, 0.3) is 0 Å². The van der Waals surface area contributed by atoms with E-state index in [-0.39, 0.29) is 22.5 Å². The maximum Gasteiger partial charge on any atom is 0.363 e. The van der Waals surface area contributed by atoms with Crippen molar-refractivity contribution in [2.45, 2.75) is 24.8 Å². The monoisotopic (exact) mass is 359 g/mol. The lowest BCUT2D eigenvalue weighted by Crippen LogP contribution is -2.30. The fourth-order valence-electron chi connectivity index (χ4n) is 2.27. The highest BCUT2D eigenvalue weighted by molar-refractivity contribution is 7.89. The van der Waals surface area contributed by atoms with Crippen LogP contribution in [0.5, 0.6) is 0 Å². The zero-order chi connectivity index (χ0) is 18.0. The molecular weight excluding hydrogens is 342 g/mol. The molecule has 0 radical (unpaired) electrons. The Bertz CT molecular complexity index is 940. The van der Waals surface area contributed by atoms with Crippen molar-refractivity contribution in [3.63, 3.8) is 0 Å². The number of esters is 1. The van der Waals surface area contributed by atoms with Crippen LogP contribution >= 0.6 is 0 Å². The Kier molecular flexibility index (Phi) is 4.56. The average Bonchev–Trinajstić information content (AvgIpc) is 3.17. The molecule has 1 aromatic heterocycles. The molecule has 0 amide bonds. The molecule has 7 nitrogen and oxygen atoms in total. The zero-order valence-electron chi connectivity index (χ0n) is 13.7. The summed E-state index contributed by atoms with van der Waals surface area (Å²) in [4.78, 5) is 19.2. The van der Waals surface area contributed by atoms with Crippen LogP contribution in [0.1, 0.15) is 25.1 Å². The van der Waals surface area contributed by atoms with E-state index in [0.29, 0.717) is 5.56 Å². The number of H-pyrrole nitrogens is 1.